The third-order valence-electron chi connectivity index (χ3n) is 3.40. The predicted molar refractivity (Wildman–Crippen MR) is 68.4 cm³/mol. The second kappa shape index (κ2) is 6.65. The van der Waals surface area contributed by atoms with Crippen molar-refractivity contribution < 1.29 is 13.6 Å². The maximum Gasteiger partial charge on any atom is 0.267 e. The van der Waals surface area contributed by atoms with Gasteiger partial charge < -0.3 is 15.2 Å². The summed E-state index contributed by atoms with van der Waals surface area (Å²) in [4.78, 5) is 11.9. The molecular weight excluding hydrogens is 252 g/mol. The Morgan fingerprint density at radius 3 is 3.11 bits per heavy atom. The van der Waals surface area contributed by atoms with E-state index in [1.54, 1.807) is 12.1 Å². The average Bonchev–Trinajstić information content (AvgIpc) is 2.99. The summed E-state index contributed by atoms with van der Waals surface area (Å²) >= 11 is 0. The lowest BCUT2D eigenvalue weighted by atomic mass is 10.1. The standard InChI is InChI=1S/C13H19F2N3O/c14-12(15)9-18-7-1-2-11(18)13(19)17-6-4-10-3-5-16-8-10/h1-2,7,10,12,16H,3-6,8-9H2,(H,17,19). The summed E-state index contributed by atoms with van der Waals surface area (Å²) in [6.07, 6.45) is 1.11. The Labute approximate surface area is 111 Å². The summed E-state index contributed by atoms with van der Waals surface area (Å²) in [5, 5.41) is 6.06. The molecule has 1 aromatic heterocycles. The van der Waals surface area contributed by atoms with E-state index in [-0.39, 0.29) is 5.91 Å². The molecule has 0 spiro atoms. The first-order chi connectivity index (χ1) is 9.16. The van der Waals surface area contributed by atoms with Crippen molar-refractivity contribution in [3.8, 4) is 0 Å². The highest BCUT2D eigenvalue weighted by atomic mass is 19.3. The zero-order valence-electron chi connectivity index (χ0n) is 10.7. The summed E-state index contributed by atoms with van der Waals surface area (Å²) < 4.78 is 26.0. The molecular formula is C13H19F2N3O. The van der Waals surface area contributed by atoms with Crippen molar-refractivity contribution in [1.82, 2.24) is 15.2 Å². The number of halogens is 2. The molecule has 2 rings (SSSR count). The van der Waals surface area contributed by atoms with Crippen LogP contribution in [-0.4, -0.2) is 36.5 Å². The van der Waals surface area contributed by atoms with Gasteiger partial charge in [0.2, 0.25) is 0 Å². The number of hydrogen-bond acceptors (Lipinski definition) is 2. The van der Waals surface area contributed by atoms with E-state index in [2.05, 4.69) is 10.6 Å². The molecule has 1 fully saturated rings. The second-order valence-corrected chi connectivity index (χ2v) is 4.84. The van der Waals surface area contributed by atoms with Crippen molar-refractivity contribution >= 4 is 5.91 Å². The van der Waals surface area contributed by atoms with Crippen LogP contribution in [0.15, 0.2) is 18.3 Å². The minimum Gasteiger partial charge on any atom is -0.351 e. The van der Waals surface area contributed by atoms with Gasteiger partial charge in [-0.15, -0.1) is 0 Å². The Kier molecular flexibility index (Phi) is 4.90. The minimum atomic E-state index is -2.46. The zero-order chi connectivity index (χ0) is 13.7. The normalized spacial score (nSPS) is 19.0. The molecule has 19 heavy (non-hydrogen) atoms. The van der Waals surface area contributed by atoms with Gasteiger partial charge in [0.1, 0.15) is 5.69 Å². The van der Waals surface area contributed by atoms with Gasteiger partial charge in [-0.25, -0.2) is 8.78 Å². The number of nitrogens with one attached hydrogen (secondary N) is 2. The van der Waals surface area contributed by atoms with Gasteiger partial charge in [0.05, 0.1) is 6.54 Å². The number of alkyl halides is 2. The van der Waals surface area contributed by atoms with Crippen LogP contribution in [0.4, 0.5) is 8.78 Å². The smallest absolute Gasteiger partial charge is 0.267 e. The number of rotatable bonds is 6. The van der Waals surface area contributed by atoms with Gasteiger partial charge in [0.15, 0.2) is 0 Å². The molecule has 6 heteroatoms. The van der Waals surface area contributed by atoms with E-state index in [9.17, 15) is 13.6 Å². The van der Waals surface area contributed by atoms with E-state index in [4.69, 9.17) is 0 Å². The lowest BCUT2D eigenvalue weighted by molar-refractivity contribution is 0.0929. The molecule has 0 aromatic carbocycles. The lowest BCUT2D eigenvalue weighted by Crippen LogP contribution is -2.28. The number of aromatic nitrogens is 1. The van der Waals surface area contributed by atoms with Crippen LogP contribution in [0.5, 0.6) is 0 Å². The first kappa shape index (κ1) is 14.0. The van der Waals surface area contributed by atoms with Crippen LogP contribution in [0.25, 0.3) is 0 Å². The summed E-state index contributed by atoms with van der Waals surface area (Å²) in [7, 11) is 0. The molecule has 0 bridgehead atoms. The van der Waals surface area contributed by atoms with Gasteiger partial charge in [-0.05, 0) is 44.0 Å². The van der Waals surface area contributed by atoms with Gasteiger partial charge in [-0.2, -0.15) is 0 Å². The topological polar surface area (TPSA) is 46.1 Å². The molecule has 1 atom stereocenters. The fourth-order valence-corrected chi connectivity index (χ4v) is 2.37. The monoisotopic (exact) mass is 271 g/mol. The van der Waals surface area contributed by atoms with Crippen LogP contribution in [0.3, 0.4) is 0 Å². The molecule has 2 heterocycles. The Morgan fingerprint density at radius 1 is 1.58 bits per heavy atom. The molecule has 1 unspecified atom stereocenters. The minimum absolute atomic E-state index is 0.281. The molecule has 2 N–H and O–H groups in total. The molecule has 106 valence electrons. The van der Waals surface area contributed by atoms with Crippen LogP contribution in [-0.2, 0) is 6.54 Å². The average molecular weight is 271 g/mol. The number of hydrogen-bond donors (Lipinski definition) is 2. The van der Waals surface area contributed by atoms with Crippen molar-refractivity contribution in [3.63, 3.8) is 0 Å². The third kappa shape index (κ3) is 4.02. The number of nitrogens with zero attached hydrogens (tertiary/aromatic N) is 1. The summed E-state index contributed by atoms with van der Waals surface area (Å²) in [5.41, 5.74) is 0.296. The molecule has 0 aliphatic carbocycles. The van der Waals surface area contributed by atoms with Crippen LogP contribution in [0, 0.1) is 5.92 Å². The molecule has 1 aliphatic rings. The first-order valence-corrected chi connectivity index (χ1v) is 6.59. The van der Waals surface area contributed by atoms with Crippen LogP contribution in [0.1, 0.15) is 23.3 Å². The van der Waals surface area contributed by atoms with E-state index < -0.39 is 13.0 Å². The number of carbonyl (C=O) groups is 1. The predicted octanol–water partition coefficient (Wildman–Crippen LogP) is 1.48. The zero-order valence-corrected chi connectivity index (χ0v) is 10.7. The molecule has 1 aliphatic heterocycles. The van der Waals surface area contributed by atoms with E-state index in [1.165, 1.54) is 10.8 Å². The number of carbonyl (C=O) groups excluding carboxylic acids is 1. The summed E-state index contributed by atoms with van der Waals surface area (Å²) in [6, 6.07) is 3.17. The number of amides is 1. The van der Waals surface area contributed by atoms with Crippen molar-refractivity contribution in [1.29, 1.82) is 0 Å². The Morgan fingerprint density at radius 2 is 2.42 bits per heavy atom. The van der Waals surface area contributed by atoms with Gasteiger partial charge in [0.25, 0.3) is 12.3 Å². The van der Waals surface area contributed by atoms with Crippen molar-refractivity contribution in [3.05, 3.63) is 24.0 Å². The maximum absolute atomic E-state index is 12.3. The Balaban J connectivity index is 1.80. The maximum atomic E-state index is 12.3. The fourth-order valence-electron chi connectivity index (χ4n) is 2.37. The SMILES string of the molecule is O=C(NCCC1CCNC1)c1cccn1CC(F)F. The second-order valence-electron chi connectivity index (χ2n) is 4.84. The Bertz CT molecular complexity index is 414. The largest absolute Gasteiger partial charge is 0.351 e. The van der Waals surface area contributed by atoms with Gasteiger partial charge in [0, 0.05) is 12.7 Å². The molecule has 0 saturated carbocycles. The van der Waals surface area contributed by atoms with Gasteiger partial charge in [-0.1, -0.05) is 0 Å². The summed E-state index contributed by atoms with van der Waals surface area (Å²) in [5.74, 6) is 0.324. The van der Waals surface area contributed by atoms with E-state index in [0.29, 0.717) is 18.2 Å². The van der Waals surface area contributed by atoms with Gasteiger partial charge in [-0.3, -0.25) is 4.79 Å². The first-order valence-electron chi connectivity index (χ1n) is 6.59. The highest BCUT2D eigenvalue weighted by molar-refractivity contribution is 5.92. The third-order valence-corrected chi connectivity index (χ3v) is 3.40. The van der Waals surface area contributed by atoms with Crippen molar-refractivity contribution in [2.45, 2.75) is 25.8 Å². The van der Waals surface area contributed by atoms with Crippen LogP contribution >= 0.6 is 0 Å². The van der Waals surface area contributed by atoms with Crippen molar-refractivity contribution in [2.75, 3.05) is 19.6 Å². The Hall–Kier alpha value is -1.43. The molecule has 0 radical (unpaired) electrons. The van der Waals surface area contributed by atoms with Crippen molar-refractivity contribution in [2.24, 2.45) is 5.92 Å². The summed E-state index contributed by atoms with van der Waals surface area (Å²) in [6.45, 7) is 2.18. The van der Waals surface area contributed by atoms with Crippen LogP contribution < -0.4 is 10.6 Å². The van der Waals surface area contributed by atoms with Crippen LogP contribution in [0.2, 0.25) is 0 Å². The lowest BCUT2D eigenvalue weighted by Gasteiger charge is -2.11. The van der Waals surface area contributed by atoms with E-state index >= 15 is 0 Å². The molecule has 1 aromatic rings. The quantitative estimate of drug-likeness (QED) is 0.823. The molecule has 1 amide bonds. The molecule has 4 nitrogen and oxygen atoms in total. The highest BCUT2D eigenvalue weighted by Crippen LogP contribution is 2.11. The molecule has 1 saturated heterocycles. The highest BCUT2D eigenvalue weighted by Gasteiger charge is 2.16. The van der Waals surface area contributed by atoms with E-state index in [1.807, 2.05) is 0 Å². The van der Waals surface area contributed by atoms with Gasteiger partial charge >= 0.3 is 0 Å². The van der Waals surface area contributed by atoms with E-state index in [0.717, 1.165) is 25.9 Å². The fraction of sp³-hybridized carbons (Fsp3) is 0.615.